The van der Waals surface area contributed by atoms with E-state index in [0.717, 1.165) is 5.56 Å². The molecule has 0 spiro atoms. The summed E-state index contributed by atoms with van der Waals surface area (Å²) in [5.74, 6) is -1.49. The van der Waals surface area contributed by atoms with E-state index in [1.165, 1.54) is 0 Å². The van der Waals surface area contributed by atoms with E-state index < -0.39 is 18.0 Å². The summed E-state index contributed by atoms with van der Waals surface area (Å²) in [6.07, 6.45) is 0.626. The van der Waals surface area contributed by atoms with Crippen LogP contribution in [0.2, 0.25) is 0 Å². The molecule has 0 unspecified atom stereocenters. The Labute approximate surface area is 88.4 Å². The van der Waals surface area contributed by atoms with Crippen molar-refractivity contribution in [3.8, 4) is 0 Å². The molecule has 1 aliphatic carbocycles. The van der Waals surface area contributed by atoms with Crippen molar-refractivity contribution in [1.29, 1.82) is 0 Å². The molecule has 0 amide bonds. The number of rotatable bonds is 2. The summed E-state index contributed by atoms with van der Waals surface area (Å²) < 4.78 is 0. The number of carbonyl (C=O) groups is 1. The molecular formula is C12H14O3. The summed E-state index contributed by atoms with van der Waals surface area (Å²) in [6, 6.07) is 9.41. The lowest BCUT2D eigenvalue weighted by Crippen LogP contribution is -2.22. The maximum Gasteiger partial charge on any atom is 0.307 e. The Morgan fingerprint density at radius 2 is 1.87 bits per heavy atom. The molecular weight excluding hydrogens is 192 g/mol. The summed E-state index contributed by atoms with van der Waals surface area (Å²) in [6.45, 7) is 0. The van der Waals surface area contributed by atoms with Crippen LogP contribution in [0.3, 0.4) is 0 Å². The number of aliphatic carboxylic acids is 1. The monoisotopic (exact) mass is 206 g/mol. The lowest BCUT2D eigenvalue weighted by atomic mass is 9.88. The fourth-order valence-electron chi connectivity index (χ4n) is 2.38. The molecule has 0 radical (unpaired) electrons. The van der Waals surface area contributed by atoms with Crippen molar-refractivity contribution in [2.24, 2.45) is 5.92 Å². The van der Waals surface area contributed by atoms with Gasteiger partial charge in [0.1, 0.15) is 0 Å². The lowest BCUT2D eigenvalue weighted by Gasteiger charge is -2.19. The second kappa shape index (κ2) is 4.03. The third-order valence-corrected chi connectivity index (χ3v) is 3.12. The van der Waals surface area contributed by atoms with Gasteiger partial charge in [-0.2, -0.15) is 0 Å². The first kappa shape index (κ1) is 10.2. The van der Waals surface area contributed by atoms with E-state index in [-0.39, 0.29) is 5.92 Å². The molecule has 80 valence electrons. The van der Waals surface area contributed by atoms with Gasteiger partial charge in [0.2, 0.25) is 0 Å². The Balaban J connectivity index is 2.29. The molecule has 0 bridgehead atoms. The third kappa shape index (κ3) is 1.88. The van der Waals surface area contributed by atoms with Crippen molar-refractivity contribution < 1.29 is 15.0 Å². The molecule has 0 heterocycles. The highest BCUT2D eigenvalue weighted by molar-refractivity contribution is 5.72. The Kier molecular flexibility index (Phi) is 2.73. The maximum atomic E-state index is 11.0. The molecule has 1 aromatic rings. The van der Waals surface area contributed by atoms with Crippen LogP contribution in [0, 0.1) is 5.92 Å². The van der Waals surface area contributed by atoms with Crippen LogP contribution in [0.1, 0.15) is 24.3 Å². The highest BCUT2D eigenvalue weighted by Gasteiger charge is 2.40. The van der Waals surface area contributed by atoms with E-state index in [1.54, 1.807) is 0 Å². The van der Waals surface area contributed by atoms with Crippen LogP contribution in [0.4, 0.5) is 0 Å². The normalized spacial score (nSPS) is 30.3. The van der Waals surface area contributed by atoms with Crippen LogP contribution in [0.5, 0.6) is 0 Å². The van der Waals surface area contributed by atoms with Gasteiger partial charge in [-0.05, 0) is 18.4 Å². The highest BCUT2D eigenvalue weighted by Crippen LogP contribution is 2.39. The van der Waals surface area contributed by atoms with Crippen molar-refractivity contribution in [3.63, 3.8) is 0 Å². The minimum absolute atomic E-state index is 0.247. The van der Waals surface area contributed by atoms with Crippen LogP contribution in [-0.4, -0.2) is 22.3 Å². The standard InChI is InChI=1S/C12H14O3/c13-10-7-6-9(12(14)15)11(10)8-4-2-1-3-5-8/h1-5,9-11,13H,6-7H2,(H,14,15)/t9-,10+,11+/m1/s1. The summed E-state index contributed by atoms with van der Waals surface area (Å²) in [5, 5.41) is 18.8. The van der Waals surface area contributed by atoms with Gasteiger partial charge in [0.05, 0.1) is 12.0 Å². The first-order chi connectivity index (χ1) is 7.20. The number of aliphatic hydroxyl groups excluding tert-OH is 1. The maximum absolute atomic E-state index is 11.0. The minimum Gasteiger partial charge on any atom is -0.481 e. The van der Waals surface area contributed by atoms with Crippen LogP contribution < -0.4 is 0 Å². The number of carboxylic acid groups (broad SMARTS) is 1. The van der Waals surface area contributed by atoms with Gasteiger partial charge in [0, 0.05) is 5.92 Å². The molecule has 2 rings (SSSR count). The van der Waals surface area contributed by atoms with Crippen molar-refractivity contribution >= 4 is 5.97 Å². The zero-order valence-corrected chi connectivity index (χ0v) is 8.34. The van der Waals surface area contributed by atoms with E-state index in [2.05, 4.69) is 0 Å². The van der Waals surface area contributed by atoms with E-state index >= 15 is 0 Å². The van der Waals surface area contributed by atoms with Crippen molar-refractivity contribution in [2.75, 3.05) is 0 Å². The smallest absolute Gasteiger partial charge is 0.307 e. The highest BCUT2D eigenvalue weighted by atomic mass is 16.4. The lowest BCUT2D eigenvalue weighted by molar-refractivity contribution is -0.142. The fourth-order valence-corrected chi connectivity index (χ4v) is 2.38. The zero-order chi connectivity index (χ0) is 10.8. The average molecular weight is 206 g/mol. The number of benzene rings is 1. The van der Waals surface area contributed by atoms with E-state index in [0.29, 0.717) is 12.8 Å². The molecule has 3 heteroatoms. The molecule has 15 heavy (non-hydrogen) atoms. The summed E-state index contributed by atoms with van der Waals surface area (Å²) in [5.41, 5.74) is 0.926. The molecule has 0 aromatic heterocycles. The predicted molar refractivity (Wildman–Crippen MR) is 55.5 cm³/mol. The van der Waals surface area contributed by atoms with E-state index in [9.17, 15) is 9.90 Å². The van der Waals surface area contributed by atoms with Crippen molar-refractivity contribution in [2.45, 2.75) is 24.9 Å². The first-order valence-corrected chi connectivity index (χ1v) is 5.16. The first-order valence-electron chi connectivity index (χ1n) is 5.16. The predicted octanol–water partition coefficient (Wildman–Crippen LogP) is 1.63. The molecule has 0 saturated heterocycles. The average Bonchev–Trinajstić information content (AvgIpc) is 2.61. The molecule has 1 saturated carbocycles. The number of hydrogen-bond donors (Lipinski definition) is 2. The van der Waals surface area contributed by atoms with Crippen molar-refractivity contribution in [3.05, 3.63) is 35.9 Å². The van der Waals surface area contributed by atoms with Gasteiger partial charge in [-0.25, -0.2) is 0 Å². The molecule has 1 aliphatic rings. The van der Waals surface area contributed by atoms with E-state index in [4.69, 9.17) is 5.11 Å². The topological polar surface area (TPSA) is 57.5 Å². The SMILES string of the molecule is O=C(O)[C@@H]1CC[C@H](O)[C@H]1c1ccccc1. The number of aliphatic hydroxyl groups is 1. The minimum atomic E-state index is -0.805. The molecule has 2 N–H and O–H groups in total. The van der Waals surface area contributed by atoms with Crippen LogP contribution in [0.15, 0.2) is 30.3 Å². The van der Waals surface area contributed by atoms with Crippen LogP contribution in [0.25, 0.3) is 0 Å². The van der Waals surface area contributed by atoms with Gasteiger partial charge in [0.25, 0.3) is 0 Å². The molecule has 0 aliphatic heterocycles. The van der Waals surface area contributed by atoms with Gasteiger partial charge in [0.15, 0.2) is 0 Å². The van der Waals surface area contributed by atoms with Crippen LogP contribution >= 0.6 is 0 Å². The molecule has 1 fully saturated rings. The van der Waals surface area contributed by atoms with Crippen LogP contribution in [-0.2, 0) is 4.79 Å². The van der Waals surface area contributed by atoms with Gasteiger partial charge < -0.3 is 10.2 Å². The van der Waals surface area contributed by atoms with Gasteiger partial charge in [-0.1, -0.05) is 30.3 Å². The third-order valence-electron chi connectivity index (χ3n) is 3.12. The van der Waals surface area contributed by atoms with Gasteiger partial charge in [-0.15, -0.1) is 0 Å². The Hall–Kier alpha value is -1.35. The quantitative estimate of drug-likeness (QED) is 0.773. The Bertz CT molecular complexity index is 347. The van der Waals surface area contributed by atoms with Gasteiger partial charge in [-0.3, -0.25) is 4.79 Å². The Morgan fingerprint density at radius 1 is 1.20 bits per heavy atom. The second-order valence-electron chi connectivity index (χ2n) is 4.03. The molecule has 3 nitrogen and oxygen atoms in total. The molecule has 1 aromatic carbocycles. The Morgan fingerprint density at radius 3 is 2.47 bits per heavy atom. The zero-order valence-electron chi connectivity index (χ0n) is 8.34. The summed E-state index contributed by atoms with van der Waals surface area (Å²) in [7, 11) is 0. The second-order valence-corrected chi connectivity index (χ2v) is 4.03. The fraction of sp³-hybridized carbons (Fsp3) is 0.417. The van der Waals surface area contributed by atoms with Gasteiger partial charge >= 0.3 is 5.97 Å². The van der Waals surface area contributed by atoms with E-state index in [1.807, 2.05) is 30.3 Å². The largest absolute Gasteiger partial charge is 0.481 e. The summed E-state index contributed by atoms with van der Waals surface area (Å²) >= 11 is 0. The number of carboxylic acids is 1. The number of hydrogen-bond acceptors (Lipinski definition) is 2. The van der Waals surface area contributed by atoms with Crippen molar-refractivity contribution in [1.82, 2.24) is 0 Å². The summed E-state index contributed by atoms with van der Waals surface area (Å²) in [4.78, 5) is 11.0. The molecule has 3 atom stereocenters.